The highest BCUT2D eigenvalue weighted by molar-refractivity contribution is 5.30. The van der Waals surface area contributed by atoms with Gasteiger partial charge in [-0.2, -0.15) is 0 Å². The Balaban J connectivity index is 2.22. The van der Waals surface area contributed by atoms with E-state index in [4.69, 9.17) is 5.11 Å². The molecule has 0 spiro atoms. The van der Waals surface area contributed by atoms with Gasteiger partial charge in [-0.3, -0.25) is 0 Å². The van der Waals surface area contributed by atoms with E-state index in [1.54, 1.807) is 6.07 Å². The van der Waals surface area contributed by atoms with Gasteiger partial charge in [0.2, 0.25) is 0 Å². The largest absolute Gasteiger partial charge is 0.508 e. The Bertz CT molecular complexity index is 321. The van der Waals surface area contributed by atoms with Gasteiger partial charge in [-0.05, 0) is 25.5 Å². The Morgan fingerprint density at radius 2 is 2.21 bits per heavy atom. The number of halogens is 1. The van der Waals surface area contributed by atoms with Gasteiger partial charge in [-0.25, -0.2) is 4.39 Å². The average Bonchev–Trinajstić information content (AvgIpc) is 2.19. The molecule has 0 radical (unpaired) electrons. The molecule has 3 heteroatoms. The number of piperidine rings is 1. The zero-order chi connectivity index (χ0) is 9.97. The third-order valence-corrected chi connectivity index (χ3v) is 2.67. The summed E-state index contributed by atoms with van der Waals surface area (Å²) in [5, 5.41) is 12.3. The van der Waals surface area contributed by atoms with Gasteiger partial charge in [-0.1, -0.05) is 12.5 Å². The molecule has 0 bridgehead atoms. The Morgan fingerprint density at radius 1 is 1.36 bits per heavy atom. The Kier molecular flexibility index (Phi) is 2.68. The number of nitrogens with one attached hydrogen (secondary N) is 1. The smallest absolute Gasteiger partial charge is 0.131 e. The summed E-state index contributed by atoms with van der Waals surface area (Å²) in [7, 11) is 0. The normalized spacial score (nSPS) is 22.2. The molecule has 1 aliphatic heterocycles. The van der Waals surface area contributed by atoms with Gasteiger partial charge in [-0.15, -0.1) is 0 Å². The van der Waals surface area contributed by atoms with Crippen LogP contribution < -0.4 is 5.32 Å². The summed E-state index contributed by atoms with van der Waals surface area (Å²) in [5.74, 6) is -0.327. The Morgan fingerprint density at radius 3 is 2.86 bits per heavy atom. The Hall–Kier alpha value is -1.09. The van der Waals surface area contributed by atoms with Crippen molar-refractivity contribution in [3.8, 4) is 5.75 Å². The molecule has 1 atom stereocenters. The molecule has 1 aromatic rings. The fourth-order valence-electron chi connectivity index (χ4n) is 1.92. The lowest BCUT2D eigenvalue weighted by Gasteiger charge is -2.24. The van der Waals surface area contributed by atoms with E-state index >= 15 is 0 Å². The van der Waals surface area contributed by atoms with Crippen LogP contribution in [0.5, 0.6) is 5.75 Å². The lowest BCUT2D eigenvalue weighted by molar-refractivity contribution is 0.397. The molecule has 0 amide bonds. The van der Waals surface area contributed by atoms with Crippen molar-refractivity contribution in [1.82, 2.24) is 5.32 Å². The second-order valence-electron chi connectivity index (χ2n) is 3.71. The zero-order valence-electron chi connectivity index (χ0n) is 7.96. The first-order valence-electron chi connectivity index (χ1n) is 4.99. The van der Waals surface area contributed by atoms with Gasteiger partial charge in [0, 0.05) is 17.7 Å². The highest BCUT2D eigenvalue weighted by Gasteiger charge is 2.17. The maximum Gasteiger partial charge on any atom is 0.131 e. The summed E-state index contributed by atoms with van der Waals surface area (Å²) in [4.78, 5) is 0. The summed E-state index contributed by atoms with van der Waals surface area (Å²) < 4.78 is 13.4. The molecule has 1 aromatic carbocycles. The van der Waals surface area contributed by atoms with Crippen molar-refractivity contribution in [3.05, 3.63) is 29.6 Å². The van der Waals surface area contributed by atoms with Crippen LogP contribution in [0.3, 0.4) is 0 Å². The van der Waals surface area contributed by atoms with Crippen LogP contribution >= 0.6 is 0 Å². The molecule has 2 N–H and O–H groups in total. The number of hydrogen-bond acceptors (Lipinski definition) is 2. The third-order valence-electron chi connectivity index (χ3n) is 2.67. The van der Waals surface area contributed by atoms with Crippen molar-refractivity contribution in [2.75, 3.05) is 6.54 Å². The highest BCUT2D eigenvalue weighted by atomic mass is 19.1. The molecule has 0 aromatic heterocycles. The van der Waals surface area contributed by atoms with Gasteiger partial charge in [0.05, 0.1) is 0 Å². The van der Waals surface area contributed by atoms with Gasteiger partial charge in [0.25, 0.3) is 0 Å². The third kappa shape index (κ3) is 1.87. The number of aromatic hydroxyl groups is 1. The molecular weight excluding hydrogens is 181 g/mol. The van der Waals surface area contributed by atoms with Crippen molar-refractivity contribution < 1.29 is 9.50 Å². The van der Waals surface area contributed by atoms with Crippen LogP contribution in [0.15, 0.2) is 18.2 Å². The Labute approximate surface area is 82.8 Å². The van der Waals surface area contributed by atoms with Gasteiger partial charge < -0.3 is 10.4 Å². The lowest BCUT2D eigenvalue weighted by Crippen LogP contribution is -2.27. The van der Waals surface area contributed by atoms with E-state index < -0.39 is 0 Å². The van der Waals surface area contributed by atoms with Crippen LogP contribution in [0.25, 0.3) is 0 Å². The van der Waals surface area contributed by atoms with Crippen molar-refractivity contribution >= 4 is 0 Å². The van der Waals surface area contributed by atoms with E-state index in [1.165, 1.54) is 12.1 Å². The fraction of sp³-hybridized carbons (Fsp3) is 0.455. The number of phenols is 1. The summed E-state index contributed by atoms with van der Waals surface area (Å²) in [5.41, 5.74) is 0.669. The predicted octanol–water partition coefficient (Wildman–Crippen LogP) is 2.35. The van der Waals surface area contributed by atoms with Crippen LogP contribution in [0, 0.1) is 5.82 Å². The SMILES string of the molecule is Oc1ccc(C2CCCCN2)c(F)c1. The van der Waals surface area contributed by atoms with Crippen LogP contribution in [0.2, 0.25) is 0 Å². The molecule has 2 nitrogen and oxygen atoms in total. The fourth-order valence-corrected chi connectivity index (χ4v) is 1.92. The summed E-state index contributed by atoms with van der Waals surface area (Å²) in [6, 6.07) is 4.48. The first-order valence-corrected chi connectivity index (χ1v) is 4.99. The molecule has 0 aliphatic carbocycles. The minimum atomic E-state index is -0.315. The lowest BCUT2D eigenvalue weighted by atomic mass is 9.97. The molecular formula is C11H14FNO. The van der Waals surface area contributed by atoms with Crippen molar-refractivity contribution in [2.45, 2.75) is 25.3 Å². The van der Waals surface area contributed by atoms with Crippen molar-refractivity contribution in [3.63, 3.8) is 0 Å². The zero-order valence-corrected chi connectivity index (χ0v) is 7.96. The molecule has 14 heavy (non-hydrogen) atoms. The minimum Gasteiger partial charge on any atom is -0.508 e. The number of benzene rings is 1. The maximum absolute atomic E-state index is 13.4. The molecule has 1 unspecified atom stereocenters. The standard InChI is InChI=1S/C11H14FNO/c12-10-7-8(14)4-5-9(10)11-3-1-2-6-13-11/h4-5,7,11,13-14H,1-3,6H2. The van der Waals surface area contributed by atoms with Gasteiger partial charge in [0.1, 0.15) is 11.6 Å². The number of rotatable bonds is 1. The van der Waals surface area contributed by atoms with E-state index in [1.807, 2.05) is 0 Å². The first kappa shape index (κ1) is 9.46. The van der Waals surface area contributed by atoms with E-state index in [9.17, 15) is 4.39 Å². The summed E-state index contributed by atoms with van der Waals surface area (Å²) in [6.45, 7) is 0.949. The van der Waals surface area contributed by atoms with E-state index in [-0.39, 0.29) is 17.6 Å². The van der Waals surface area contributed by atoms with Crippen LogP contribution in [0.1, 0.15) is 30.9 Å². The quantitative estimate of drug-likeness (QED) is 0.721. The first-order chi connectivity index (χ1) is 6.77. The van der Waals surface area contributed by atoms with Crippen molar-refractivity contribution in [1.29, 1.82) is 0 Å². The average molecular weight is 195 g/mol. The molecule has 76 valence electrons. The molecule has 0 saturated carbocycles. The van der Waals surface area contributed by atoms with E-state index in [0.29, 0.717) is 5.56 Å². The van der Waals surface area contributed by atoms with Crippen LogP contribution in [-0.4, -0.2) is 11.7 Å². The van der Waals surface area contributed by atoms with Gasteiger partial charge in [0.15, 0.2) is 0 Å². The van der Waals surface area contributed by atoms with E-state index in [2.05, 4.69) is 5.32 Å². The van der Waals surface area contributed by atoms with Gasteiger partial charge >= 0.3 is 0 Å². The van der Waals surface area contributed by atoms with E-state index in [0.717, 1.165) is 25.8 Å². The van der Waals surface area contributed by atoms with Crippen molar-refractivity contribution in [2.24, 2.45) is 0 Å². The maximum atomic E-state index is 13.4. The highest BCUT2D eigenvalue weighted by Crippen LogP contribution is 2.26. The summed E-state index contributed by atoms with van der Waals surface area (Å²) >= 11 is 0. The number of hydrogen-bond donors (Lipinski definition) is 2. The second-order valence-corrected chi connectivity index (χ2v) is 3.71. The predicted molar refractivity (Wildman–Crippen MR) is 52.7 cm³/mol. The van der Waals surface area contributed by atoms with Crippen LogP contribution in [-0.2, 0) is 0 Å². The molecule has 2 rings (SSSR count). The number of phenolic OH excluding ortho intramolecular Hbond substituents is 1. The molecule has 1 aliphatic rings. The molecule has 1 saturated heterocycles. The molecule has 1 fully saturated rings. The monoisotopic (exact) mass is 195 g/mol. The molecule has 1 heterocycles. The summed E-state index contributed by atoms with van der Waals surface area (Å²) in [6.07, 6.45) is 3.27. The van der Waals surface area contributed by atoms with Crippen LogP contribution in [0.4, 0.5) is 4.39 Å². The second kappa shape index (κ2) is 3.96. The topological polar surface area (TPSA) is 32.3 Å². The minimum absolute atomic E-state index is 0.0120.